The molecule has 0 nitrogen and oxygen atoms in total. The molecule has 0 aliphatic heterocycles. The second-order valence-corrected chi connectivity index (χ2v) is 1.15. The highest BCUT2D eigenvalue weighted by atomic mass is 35.5. The van der Waals surface area contributed by atoms with Crippen LogP contribution >= 0.6 is 11.6 Å². The third-order valence-corrected chi connectivity index (χ3v) is 0.436. The molecule has 1 atom stereocenters. The molecular formula is C3H5ClF. The predicted molar refractivity (Wildman–Crippen MR) is 20.7 cm³/mol. The fraction of sp³-hybridized carbons (Fsp3) is 0.667. The fourth-order valence-electron chi connectivity index (χ4n) is 0. The largest absolute Gasteiger partial charge is 0.230 e. The van der Waals surface area contributed by atoms with E-state index in [1.807, 2.05) is 0 Å². The average Bonchev–Trinajstić information content (AvgIpc) is 1.38. The first-order valence-corrected chi connectivity index (χ1v) is 1.78. The van der Waals surface area contributed by atoms with Crippen LogP contribution in [0.2, 0.25) is 0 Å². The van der Waals surface area contributed by atoms with E-state index in [9.17, 15) is 4.39 Å². The number of hydrogen-bond acceptors (Lipinski definition) is 0. The van der Waals surface area contributed by atoms with Crippen LogP contribution in [0.5, 0.6) is 0 Å². The lowest BCUT2D eigenvalue weighted by Gasteiger charge is -1.82. The van der Waals surface area contributed by atoms with Crippen molar-refractivity contribution in [2.45, 2.75) is 12.1 Å². The first-order valence-electron chi connectivity index (χ1n) is 1.34. The average molecular weight is 95.5 g/mol. The SMILES string of the molecule is [CH2]CC(F)Cl. The minimum absolute atomic E-state index is 0.154. The van der Waals surface area contributed by atoms with Crippen molar-refractivity contribution in [1.82, 2.24) is 0 Å². The predicted octanol–water partition coefficient (Wildman–Crippen LogP) is 1.74. The van der Waals surface area contributed by atoms with E-state index in [-0.39, 0.29) is 6.42 Å². The summed E-state index contributed by atoms with van der Waals surface area (Å²) in [7, 11) is 0. The van der Waals surface area contributed by atoms with Gasteiger partial charge in [-0.2, -0.15) is 0 Å². The maximum absolute atomic E-state index is 11.1. The van der Waals surface area contributed by atoms with Gasteiger partial charge in [0.15, 0.2) is 5.63 Å². The lowest BCUT2D eigenvalue weighted by Crippen LogP contribution is -1.78. The summed E-state index contributed by atoms with van der Waals surface area (Å²) in [5.74, 6) is 0. The lowest BCUT2D eigenvalue weighted by atomic mass is 10.6. The molecule has 0 N–H and O–H groups in total. The molecule has 0 aromatic heterocycles. The number of rotatable bonds is 1. The van der Waals surface area contributed by atoms with Gasteiger partial charge in [-0.25, -0.2) is 4.39 Å². The third-order valence-electron chi connectivity index (χ3n) is 0.218. The summed E-state index contributed by atoms with van der Waals surface area (Å²) in [5.41, 5.74) is -1.25. The van der Waals surface area contributed by atoms with E-state index >= 15 is 0 Å². The monoisotopic (exact) mass is 95.0 g/mol. The van der Waals surface area contributed by atoms with E-state index in [4.69, 9.17) is 11.6 Å². The molecule has 0 saturated heterocycles. The van der Waals surface area contributed by atoms with E-state index in [2.05, 4.69) is 6.92 Å². The quantitative estimate of drug-likeness (QED) is 0.435. The molecule has 0 aromatic carbocycles. The van der Waals surface area contributed by atoms with Gasteiger partial charge in [0.2, 0.25) is 0 Å². The Morgan fingerprint density at radius 3 is 2.20 bits per heavy atom. The lowest BCUT2D eigenvalue weighted by molar-refractivity contribution is 0.447. The molecule has 1 unspecified atom stereocenters. The molecule has 0 rings (SSSR count). The zero-order valence-electron chi connectivity index (χ0n) is 2.75. The van der Waals surface area contributed by atoms with Crippen LogP contribution in [0.1, 0.15) is 6.42 Å². The highest BCUT2D eigenvalue weighted by Gasteiger charge is 1.88. The van der Waals surface area contributed by atoms with Crippen LogP contribution in [0.4, 0.5) is 4.39 Å². The van der Waals surface area contributed by atoms with Crippen molar-refractivity contribution in [1.29, 1.82) is 0 Å². The summed E-state index contributed by atoms with van der Waals surface area (Å²) in [6, 6.07) is 0. The smallest absolute Gasteiger partial charge is 0.173 e. The summed E-state index contributed by atoms with van der Waals surface area (Å²) in [6.45, 7) is 3.18. The van der Waals surface area contributed by atoms with Crippen LogP contribution in [0.3, 0.4) is 0 Å². The van der Waals surface area contributed by atoms with Crippen molar-refractivity contribution in [3.63, 3.8) is 0 Å². The number of halogens is 2. The Morgan fingerprint density at radius 1 is 2.00 bits per heavy atom. The van der Waals surface area contributed by atoms with Gasteiger partial charge in [-0.3, -0.25) is 0 Å². The summed E-state index contributed by atoms with van der Waals surface area (Å²) >= 11 is 4.73. The van der Waals surface area contributed by atoms with E-state index < -0.39 is 5.63 Å². The van der Waals surface area contributed by atoms with Gasteiger partial charge in [-0.05, 0) is 13.3 Å². The zero-order chi connectivity index (χ0) is 4.28. The zero-order valence-corrected chi connectivity index (χ0v) is 3.50. The molecule has 0 aliphatic rings. The van der Waals surface area contributed by atoms with E-state index in [0.29, 0.717) is 0 Å². The molecule has 1 radical (unpaired) electrons. The van der Waals surface area contributed by atoms with Crippen LogP contribution in [-0.2, 0) is 0 Å². The van der Waals surface area contributed by atoms with E-state index in [1.165, 1.54) is 0 Å². The topological polar surface area (TPSA) is 0 Å². The highest BCUT2D eigenvalue weighted by Crippen LogP contribution is 1.98. The molecule has 0 aliphatic carbocycles. The van der Waals surface area contributed by atoms with Crippen LogP contribution in [-0.4, -0.2) is 5.63 Å². The summed E-state index contributed by atoms with van der Waals surface area (Å²) < 4.78 is 11.1. The molecule has 5 heavy (non-hydrogen) atoms. The Bertz CT molecular complexity index is 20.9. The second kappa shape index (κ2) is 2.46. The fourth-order valence-corrected chi connectivity index (χ4v) is 0. The molecule has 0 amide bonds. The van der Waals surface area contributed by atoms with E-state index in [1.54, 1.807) is 0 Å². The van der Waals surface area contributed by atoms with Crippen molar-refractivity contribution >= 4 is 11.6 Å². The Kier molecular flexibility index (Phi) is 2.57. The minimum Gasteiger partial charge on any atom is -0.230 e. The maximum atomic E-state index is 11.1. The molecule has 0 saturated carbocycles. The Morgan fingerprint density at radius 2 is 2.20 bits per heavy atom. The molecule has 0 fully saturated rings. The van der Waals surface area contributed by atoms with Gasteiger partial charge in [-0.1, -0.05) is 11.6 Å². The van der Waals surface area contributed by atoms with Gasteiger partial charge in [-0.15, -0.1) is 0 Å². The van der Waals surface area contributed by atoms with Crippen LogP contribution < -0.4 is 0 Å². The first kappa shape index (κ1) is 5.22. The first-order chi connectivity index (χ1) is 2.27. The van der Waals surface area contributed by atoms with Crippen molar-refractivity contribution in [3.8, 4) is 0 Å². The Balaban J connectivity index is 2.54. The van der Waals surface area contributed by atoms with Crippen molar-refractivity contribution in [3.05, 3.63) is 6.92 Å². The normalized spacial score (nSPS) is 15.0. The molecular weight excluding hydrogens is 90.5 g/mol. The van der Waals surface area contributed by atoms with Gasteiger partial charge in [0, 0.05) is 0 Å². The second-order valence-electron chi connectivity index (χ2n) is 0.680. The Labute approximate surface area is 35.9 Å². The van der Waals surface area contributed by atoms with Crippen LogP contribution in [0.15, 0.2) is 0 Å². The molecule has 0 heterocycles. The molecule has 2 heteroatoms. The summed E-state index contributed by atoms with van der Waals surface area (Å²) in [6.07, 6.45) is 0.154. The third kappa shape index (κ3) is 4.22. The standard InChI is InChI=1S/C3H5ClF/c1-2-3(4)5/h3H,1-2H2. The number of alkyl halides is 2. The minimum atomic E-state index is -1.25. The van der Waals surface area contributed by atoms with Crippen LogP contribution in [0, 0.1) is 6.92 Å². The van der Waals surface area contributed by atoms with Gasteiger partial charge in [0.1, 0.15) is 0 Å². The van der Waals surface area contributed by atoms with Crippen molar-refractivity contribution in [2.75, 3.05) is 0 Å². The Hall–Kier alpha value is 0.220. The highest BCUT2D eigenvalue weighted by molar-refractivity contribution is 6.19. The van der Waals surface area contributed by atoms with Crippen molar-refractivity contribution < 1.29 is 4.39 Å². The molecule has 31 valence electrons. The molecule has 0 spiro atoms. The van der Waals surface area contributed by atoms with Gasteiger partial charge >= 0.3 is 0 Å². The number of hydrogen-bond donors (Lipinski definition) is 0. The van der Waals surface area contributed by atoms with Crippen molar-refractivity contribution in [2.24, 2.45) is 0 Å². The maximum Gasteiger partial charge on any atom is 0.173 e. The molecule has 0 bridgehead atoms. The van der Waals surface area contributed by atoms with Gasteiger partial charge in [0.05, 0.1) is 0 Å². The van der Waals surface area contributed by atoms with Crippen LogP contribution in [0.25, 0.3) is 0 Å². The van der Waals surface area contributed by atoms with Gasteiger partial charge < -0.3 is 0 Å². The molecule has 0 aromatic rings. The summed E-state index contributed by atoms with van der Waals surface area (Å²) in [5, 5.41) is 0. The van der Waals surface area contributed by atoms with Gasteiger partial charge in [0.25, 0.3) is 0 Å². The summed E-state index contributed by atoms with van der Waals surface area (Å²) in [4.78, 5) is 0. The van der Waals surface area contributed by atoms with E-state index in [0.717, 1.165) is 0 Å².